The van der Waals surface area contributed by atoms with E-state index < -0.39 is 12.0 Å². The standard InChI is InChI=1S/C14H19NO3/c1-9-5-6-12(7-10(9)2)8-13(16)15-11(3)14(17)18-4/h5-7,11H,8H2,1-4H3,(H,15,16)/t11-/m1/s1. The summed E-state index contributed by atoms with van der Waals surface area (Å²) in [5.41, 5.74) is 3.29. The molecule has 1 aromatic rings. The van der Waals surface area contributed by atoms with Crippen molar-refractivity contribution in [1.29, 1.82) is 0 Å². The Hall–Kier alpha value is -1.84. The van der Waals surface area contributed by atoms with Gasteiger partial charge in [0.2, 0.25) is 5.91 Å². The fourth-order valence-corrected chi connectivity index (χ4v) is 1.63. The summed E-state index contributed by atoms with van der Waals surface area (Å²) in [5, 5.41) is 2.60. The van der Waals surface area contributed by atoms with Crippen LogP contribution in [0.2, 0.25) is 0 Å². The molecule has 0 aliphatic carbocycles. The largest absolute Gasteiger partial charge is 0.467 e. The first kappa shape index (κ1) is 14.2. The Kier molecular flexibility index (Phi) is 4.89. The van der Waals surface area contributed by atoms with E-state index in [0.29, 0.717) is 0 Å². The lowest BCUT2D eigenvalue weighted by Crippen LogP contribution is -2.39. The van der Waals surface area contributed by atoms with Gasteiger partial charge in [-0.1, -0.05) is 18.2 Å². The van der Waals surface area contributed by atoms with Gasteiger partial charge in [-0.3, -0.25) is 4.79 Å². The van der Waals surface area contributed by atoms with Crippen LogP contribution >= 0.6 is 0 Å². The number of hydrogen-bond acceptors (Lipinski definition) is 3. The van der Waals surface area contributed by atoms with Crippen LogP contribution in [-0.4, -0.2) is 25.0 Å². The Bertz CT molecular complexity index is 454. The smallest absolute Gasteiger partial charge is 0.328 e. The molecule has 1 rings (SSSR count). The zero-order valence-electron chi connectivity index (χ0n) is 11.2. The molecular weight excluding hydrogens is 230 g/mol. The van der Waals surface area contributed by atoms with Crippen molar-refractivity contribution in [2.24, 2.45) is 0 Å². The minimum Gasteiger partial charge on any atom is -0.467 e. The zero-order chi connectivity index (χ0) is 13.7. The number of benzene rings is 1. The maximum Gasteiger partial charge on any atom is 0.328 e. The summed E-state index contributed by atoms with van der Waals surface area (Å²) >= 11 is 0. The highest BCUT2D eigenvalue weighted by Crippen LogP contribution is 2.10. The highest BCUT2D eigenvalue weighted by atomic mass is 16.5. The van der Waals surface area contributed by atoms with Gasteiger partial charge in [0, 0.05) is 0 Å². The third-order valence-electron chi connectivity index (χ3n) is 2.87. The number of carbonyl (C=O) groups is 2. The fourth-order valence-electron chi connectivity index (χ4n) is 1.63. The molecule has 1 aromatic carbocycles. The van der Waals surface area contributed by atoms with Gasteiger partial charge in [-0.05, 0) is 37.5 Å². The highest BCUT2D eigenvalue weighted by molar-refractivity contribution is 5.85. The lowest BCUT2D eigenvalue weighted by Gasteiger charge is -2.12. The third kappa shape index (κ3) is 3.87. The van der Waals surface area contributed by atoms with Crippen LogP contribution in [0.5, 0.6) is 0 Å². The van der Waals surface area contributed by atoms with Crippen LogP contribution in [-0.2, 0) is 20.7 Å². The van der Waals surface area contributed by atoms with Crippen LogP contribution in [0.1, 0.15) is 23.6 Å². The first-order chi connectivity index (χ1) is 8.43. The van der Waals surface area contributed by atoms with E-state index >= 15 is 0 Å². The van der Waals surface area contributed by atoms with Crippen LogP contribution in [0.4, 0.5) is 0 Å². The van der Waals surface area contributed by atoms with Crippen molar-refractivity contribution in [1.82, 2.24) is 5.32 Å². The lowest BCUT2D eigenvalue weighted by molar-refractivity contribution is -0.144. The minimum atomic E-state index is -0.617. The van der Waals surface area contributed by atoms with Gasteiger partial charge in [-0.2, -0.15) is 0 Å². The topological polar surface area (TPSA) is 55.4 Å². The Morgan fingerprint density at radius 2 is 1.94 bits per heavy atom. The Morgan fingerprint density at radius 3 is 2.50 bits per heavy atom. The summed E-state index contributed by atoms with van der Waals surface area (Å²) in [5.74, 6) is -0.625. The quantitative estimate of drug-likeness (QED) is 0.823. The normalized spacial score (nSPS) is 11.8. The van der Waals surface area contributed by atoms with E-state index in [2.05, 4.69) is 10.1 Å². The second kappa shape index (κ2) is 6.19. The van der Waals surface area contributed by atoms with Gasteiger partial charge in [0.15, 0.2) is 0 Å². The fraction of sp³-hybridized carbons (Fsp3) is 0.429. The molecule has 0 unspecified atom stereocenters. The van der Waals surface area contributed by atoms with E-state index in [1.807, 2.05) is 32.0 Å². The molecule has 0 bridgehead atoms. The Balaban J connectivity index is 2.59. The van der Waals surface area contributed by atoms with E-state index in [9.17, 15) is 9.59 Å². The molecule has 0 aromatic heterocycles. The van der Waals surface area contributed by atoms with Gasteiger partial charge >= 0.3 is 5.97 Å². The molecule has 4 heteroatoms. The van der Waals surface area contributed by atoms with Crippen molar-refractivity contribution >= 4 is 11.9 Å². The van der Waals surface area contributed by atoms with E-state index in [1.54, 1.807) is 6.92 Å². The minimum absolute atomic E-state index is 0.184. The summed E-state index contributed by atoms with van der Waals surface area (Å²) in [4.78, 5) is 22.9. The summed E-state index contributed by atoms with van der Waals surface area (Å²) in [7, 11) is 1.30. The summed E-state index contributed by atoms with van der Waals surface area (Å²) < 4.78 is 4.54. The molecular formula is C14H19NO3. The molecule has 0 aliphatic heterocycles. The second-order valence-electron chi connectivity index (χ2n) is 4.41. The SMILES string of the molecule is COC(=O)[C@@H](C)NC(=O)Cc1ccc(C)c(C)c1. The van der Waals surface area contributed by atoms with Gasteiger partial charge in [0.05, 0.1) is 13.5 Å². The Labute approximate surface area is 107 Å². The molecule has 0 aliphatic rings. The molecule has 1 amide bonds. The van der Waals surface area contributed by atoms with Crippen molar-refractivity contribution in [3.8, 4) is 0 Å². The summed E-state index contributed by atoms with van der Waals surface area (Å²) in [6, 6.07) is 5.28. The van der Waals surface area contributed by atoms with Gasteiger partial charge in [0.1, 0.15) is 6.04 Å². The number of carbonyl (C=O) groups excluding carboxylic acids is 2. The van der Waals surface area contributed by atoms with Crippen LogP contribution in [0, 0.1) is 13.8 Å². The van der Waals surface area contributed by atoms with Gasteiger partial charge in [-0.15, -0.1) is 0 Å². The lowest BCUT2D eigenvalue weighted by atomic mass is 10.0. The number of ether oxygens (including phenoxy) is 1. The van der Waals surface area contributed by atoms with Gasteiger partial charge in [0.25, 0.3) is 0 Å². The number of rotatable bonds is 4. The summed E-state index contributed by atoms with van der Waals surface area (Å²) in [6.45, 7) is 5.64. The van der Waals surface area contributed by atoms with Crippen LogP contribution < -0.4 is 5.32 Å². The van der Waals surface area contributed by atoms with Crippen LogP contribution in [0.3, 0.4) is 0 Å². The monoisotopic (exact) mass is 249 g/mol. The van der Waals surface area contributed by atoms with Crippen molar-refractivity contribution in [3.63, 3.8) is 0 Å². The molecule has 1 atom stereocenters. The first-order valence-corrected chi connectivity index (χ1v) is 5.87. The maximum atomic E-state index is 11.7. The van der Waals surface area contributed by atoms with E-state index in [-0.39, 0.29) is 12.3 Å². The van der Waals surface area contributed by atoms with Crippen molar-refractivity contribution in [3.05, 3.63) is 34.9 Å². The molecule has 98 valence electrons. The molecule has 18 heavy (non-hydrogen) atoms. The first-order valence-electron chi connectivity index (χ1n) is 5.87. The van der Waals surface area contributed by atoms with Crippen molar-refractivity contribution in [2.45, 2.75) is 33.2 Å². The van der Waals surface area contributed by atoms with Crippen LogP contribution in [0.25, 0.3) is 0 Å². The summed E-state index contributed by atoms with van der Waals surface area (Å²) in [6.07, 6.45) is 0.266. The predicted octanol–water partition coefficient (Wildman–Crippen LogP) is 1.52. The van der Waals surface area contributed by atoms with E-state index in [4.69, 9.17) is 0 Å². The van der Waals surface area contributed by atoms with Gasteiger partial charge in [-0.25, -0.2) is 4.79 Å². The predicted molar refractivity (Wildman–Crippen MR) is 69.2 cm³/mol. The Morgan fingerprint density at radius 1 is 1.28 bits per heavy atom. The number of hydrogen-bond donors (Lipinski definition) is 1. The number of nitrogens with one attached hydrogen (secondary N) is 1. The average molecular weight is 249 g/mol. The third-order valence-corrected chi connectivity index (χ3v) is 2.87. The maximum absolute atomic E-state index is 11.7. The molecule has 0 radical (unpaired) electrons. The molecule has 0 saturated carbocycles. The number of esters is 1. The molecule has 4 nitrogen and oxygen atoms in total. The zero-order valence-corrected chi connectivity index (χ0v) is 11.2. The molecule has 1 N–H and O–H groups in total. The highest BCUT2D eigenvalue weighted by Gasteiger charge is 2.15. The molecule has 0 fully saturated rings. The van der Waals surface area contributed by atoms with Crippen molar-refractivity contribution in [2.75, 3.05) is 7.11 Å². The van der Waals surface area contributed by atoms with Gasteiger partial charge < -0.3 is 10.1 Å². The number of methoxy groups -OCH3 is 1. The number of amides is 1. The van der Waals surface area contributed by atoms with E-state index in [0.717, 1.165) is 11.1 Å². The second-order valence-corrected chi connectivity index (χ2v) is 4.41. The molecule has 0 saturated heterocycles. The average Bonchev–Trinajstić information content (AvgIpc) is 2.32. The van der Waals surface area contributed by atoms with E-state index in [1.165, 1.54) is 12.7 Å². The van der Waals surface area contributed by atoms with Crippen LogP contribution in [0.15, 0.2) is 18.2 Å². The number of aryl methyl sites for hydroxylation is 2. The molecule has 0 spiro atoms. The molecule has 0 heterocycles. The van der Waals surface area contributed by atoms with Crippen molar-refractivity contribution < 1.29 is 14.3 Å².